The van der Waals surface area contributed by atoms with Gasteiger partial charge in [0.15, 0.2) is 0 Å². The first-order valence-electron chi connectivity index (χ1n) is 9.21. The number of likely N-dealkylation sites (N-methyl/N-ethyl adjacent to an activating group) is 1. The number of piperidine rings is 1. The summed E-state index contributed by atoms with van der Waals surface area (Å²) in [4.78, 5) is 21.5. The fourth-order valence-corrected chi connectivity index (χ4v) is 3.74. The fourth-order valence-electron chi connectivity index (χ4n) is 3.53. The predicted molar refractivity (Wildman–Crippen MR) is 104 cm³/mol. The molecule has 0 radical (unpaired) electrons. The molecule has 2 aromatic rings. The van der Waals surface area contributed by atoms with E-state index in [1.54, 1.807) is 0 Å². The van der Waals surface area contributed by atoms with E-state index in [-0.39, 0.29) is 5.91 Å². The summed E-state index contributed by atoms with van der Waals surface area (Å²) in [6.07, 6.45) is 6.43. The standard InChI is InChI=1S/C20H27ClN4O/c1-23(2)11-12-24-10-8-22-20(24)17-6-4-9-25(15-17)19(26)14-16-5-3-7-18(21)13-16/h3,5,7-8,10,13,17H,4,6,9,11-12,14-15H2,1-2H3. The van der Waals surface area contributed by atoms with Crippen LogP contribution in [0.4, 0.5) is 0 Å². The van der Waals surface area contributed by atoms with Gasteiger partial charge in [-0.05, 0) is 44.6 Å². The maximum atomic E-state index is 12.7. The third-order valence-electron chi connectivity index (χ3n) is 4.92. The molecule has 0 spiro atoms. The molecule has 5 nitrogen and oxygen atoms in total. The Bertz CT molecular complexity index is 743. The number of carbonyl (C=O) groups excluding carboxylic acids is 1. The van der Waals surface area contributed by atoms with Crippen molar-refractivity contribution in [2.75, 3.05) is 33.7 Å². The number of aromatic nitrogens is 2. The Labute approximate surface area is 160 Å². The van der Waals surface area contributed by atoms with Crippen LogP contribution in [-0.2, 0) is 17.8 Å². The number of rotatable bonds is 6. The molecule has 2 heterocycles. The number of halogens is 1. The average Bonchev–Trinajstić information content (AvgIpc) is 3.08. The largest absolute Gasteiger partial charge is 0.342 e. The van der Waals surface area contributed by atoms with Gasteiger partial charge in [0.1, 0.15) is 5.82 Å². The van der Waals surface area contributed by atoms with Gasteiger partial charge in [0.25, 0.3) is 0 Å². The fraction of sp³-hybridized carbons (Fsp3) is 0.500. The van der Waals surface area contributed by atoms with Gasteiger partial charge in [-0.25, -0.2) is 4.98 Å². The number of benzene rings is 1. The van der Waals surface area contributed by atoms with Crippen LogP contribution in [0, 0.1) is 0 Å². The lowest BCUT2D eigenvalue weighted by molar-refractivity contribution is -0.131. The number of nitrogens with zero attached hydrogens (tertiary/aromatic N) is 4. The second-order valence-electron chi connectivity index (χ2n) is 7.27. The van der Waals surface area contributed by atoms with Crippen LogP contribution >= 0.6 is 11.6 Å². The second-order valence-corrected chi connectivity index (χ2v) is 7.70. The average molecular weight is 375 g/mol. The van der Waals surface area contributed by atoms with Crippen molar-refractivity contribution in [3.8, 4) is 0 Å². The van der Waals surface area contributed by atoms with Gasteiger partial charge in [-0.15, -0.1) is 0 Å². The van der Waals surface area contributed by atoms with Crippen molar-refractivity contribution >= 4 is 17.5 Å². The molecule has 26 heavy (non-hydrogen) atoms. The van der Waals surface area contributed by atoms with Gasteiger partial charge in [-0.1, -0.05) is 23.7 Å². The third kappa shape index (κ3) is 4.86. The summed E-state index contributed by atoms with van der Waals surface area (Å²) >= 11 is 6.03. The molecule has 1 fully saturated rings. The lowest BCUT2D eigenvalue weighted by Crippen LogP contribution is -2.40. The SMILES string of the molecule is CN(C)CCn1ccnc1C1CCCN(C(=O)Cc2cccc(Cl)c2)C1. The molecule has 1 aliphatic rings. The molecule has 6 heteroatoms. The summed E-state index contributed by atoms with van der Waals surface area (Å²) in [5.74, 6) is 1.58. The zero-order valence-electron chi connectivity index (χ0n) is 15.6. The van der Waals surface area contributed by atoms with Gasteiger partial charge in [0.2, 0.25) is 5.91 Å². The van der Waals surface area contributed by atoms with Gasteiger partial charge >= 0.3 is 0 Å². The van der Waals surface area contributed by atoms with Gasteiger partial charge < -0.3 is 14.4 Å². The molecule has 0 bridgehead atoms. The van der Waals surface area contributed by atoms with Crippen molar-refractivity contribution in [3.63, 3.8) is 0 Å². The number of likely N-dealkylation sites (tertiary alicyclic amines) is 1. The van der Waals surface area contributed by atoms with Crippen molar-refractivity contribution in [1.82, 2.24) is 19.4 Å². The smallest absolute Gasteiger partial charge is 0.227 e. The molecule has 1 amide bonds. The molecule has 1 atom stereocenters. The van der Waals surface area contributed by atoms with Crippen LogP contribution < -0.4 is 0 Å². The Morgan fingerprint density at radius 3 is 3.00 bits per heavy atom. The summed E-state index contributed by atoms with van der Waals surface area (Å²) in [5.41, 5.74) is 0.970. The van der Waals surface area contributed by atoms with Gasteiger partial charge in [0.05, 0.1) is 6.42 Å². The first-order valence-corrected chi connectivity index (χ1v) is 9.58. The molecular formula is C20H27ClN4O. The van der Waals surface area contributed by atoms with Crippen LogP contribution in [0.25, 0.3) is 0 Å². The van der Waals surface area contributed by atoms with E-state index in [9.17, 15) is 4.79 Å². The number of hydrogen-bond donors (Lipinski definition) is 0. The Morgan fingerprint density at radius 1 is 1.38 bits per heavy atom. The van der Waals surface area contributed by atoms with Crippen LogP contribution in [-0.4, -0.2) is 59.0 Å². The van der Waals surface area contributed by atoms with Crippen molar-refractivity contribution in [2.24, 2.45) is 0 Å². The lowest BCUT2D eigenvalue weighted by Gasteiger charge is -2.33. The summed E-state index contributed by atoms with van der Waals surface area (Å²) < 4.78 is 2.23. The highest BCUT2D eigenvalue weighted by atomic mass is 35.5. The van der Waals surface area contributed by atoms with E-state index in [1.807, 2.05) is 41.6 Å². The van der Waals surface area contributed by atoms with Gasteiger partial charge in [-0.3, -0.25) is 4.79 Å². The normalized spacial score (nSPS) is 17.7. The Kier molecular flexibility index (Phi) is 6.33. The van der Waals surface area contributed by atoms with E-state index in [4.69, 9.17) is 11.6 Å². The van der Waals surface area contributed by atoms with Gasteiger partial charge in [0, 0.05) is 49.5 Å². The van der Waals surface area contributed by atoms with Crippen molar-refractivity contribution in [3.05, 3.63) is 53.1 Å². The Hall–Kier alpha value is -1.85. The molecule has 3 rings (SSSR count). The molecular weight excluding hydrogens is 348 g/mol. The summed E-state index contributed by atoms with van der Waals surface area (Å²) in [5, 5.41) is 0.676. The number of amides is 1. The molecule has 1 unspecified atom stereocenters. The molecule has 1 aromatic carbocycles. The maximum Gasteiger partial charge on any atom is 0.227 e. The monoisotopic (exact) mass is 374 g/mol. The van der Waals surface area contributed by atoms with Crippen molar-refractivity contribution in [1.29, 1.82) is 0 Å². The topological polar surface area (TPSA) is 41.4 Å². The van der Waals surface area contributed by atoms with Crippen LogP contribution in [0.3, 0.4) is 0 Å². The molecule has 1 aromatic heterocycles. The van der Waals surface area contributed by atoms with E-state index in [0.29, 0.717) is 17.4 Å². The highest BCUT2D eigenvalue weighted by Crippen LogP contribution is 2.26. The summed E-state index contributed by atoms with van der Waals surface area (Å²) in [6, 6.07) is 7.56. The van der Waals surface area contributed by atoms with Crippen LogP contribution in [0.1, 0.15) is 30.1 Å². The lowest BCUT2D eigenvalue weighted by atomic mass is 9.96. The Morgan fingerprint density at radius 2 is 2.23 bits per heavy atom. The molecule has 0 saturated carbocycles. The molecule has 140 valence electrons. The van der Waals surface area contributed by atoms with Crippen molar-refractivity contribution < 1.29 is 4.79 Å². The minimum Gasteiger partial charge on any atom is -0.342 e. The number of carbonyl (C=O) groups is 1. The molecule has 1 saturated heterocycles. The highest BCUT2D eigenvalue weighted by molar-refractivity contribution is 6.30. The quantitative estimate of drug-likeness (QED) is 0.780. The minimum atomic E-state index is 0.170. The molecule has 1 aliphatic heterocycles. The van der Waals surface area contributed by atoms with E-state index in [0.717, 1.165) is 50.4 Å². The zero-order valence-corrected chi connectivity index (χ0v) is 16.3. The number of imidazole rings is 1. The van der Waals surface area contributed by atoms with Crippen LogP contribution in [0.2, 0.25) is 5.02 Å². The molecule has 0 aliphatic carbocycles. The first kappa shape index (κ1) is 18.9. The Balaban J connectivity index is 1.64. The maximum absolute atomic E-state index is 12.7. The van der Waals surface area contributed by atoms with Crippen LogP contribution in [0.15, 0.2) is 36.7 Å². The third-order valence-corrected chi connectivity index (χ3v) is 5.15. The highest BCUT2D eigenvalue weighted by Gasteiger charge is 2.27. The summed E-state index contributed by atoms with van der Waals surface area (Å²) in [6.45, 7) is 3.48. The predicted octanol–water partition coefficient (Wildman–Crippen LogP) is 3.05. The van der Waals surface area contributed by atoms with E-state index in [1.165, 1.54) is 0 Å². The van der Waals surface area contributed by atoms with Crippen molar-refractivity contribution in [2.45, 2.75) is 31.7 Å². The molecule has 0 N–H and O–H groups in total. The van der Waals surface area contributed by atoms with E-state index in [2.05, 4.69) is 28.5 Å². The van der Waals surface area contributed by atoms with Gasteiger partial charge in [-0.2, -0.15) is 0 Å². The van der Waals surface area contributed by atoms with Crippen LogP contribution in [0.5, 0.6) is 0 Å². The summed E-state index contributed by atoms with van der Waals surface area (Å²) in [7, 11) is 4.15. The van der Waals surface area contributed by atoms with E-state index >= 15 is 0 Å². The minimum absolute atomic E-state index is 0.170. The first-order chi connectivity index (χ1) is 12.5. The number of hydrogen-bond acceptors (Lipinski definition) is 3. The second kappa shape index (κ2) is 8.69. The zero-order chi connectivity index (χ0) is 18.5. The van der Waals surface area contributed by atoms with E-state index < -0.39 is 0 Å².